The second-order valence-corrected chi connectivity index (χ2v) is 9.42. The van der Waals surface area contributed by atoms with Crippen LogP contribution in [-0.2, 0) is 0 Å². The molecule has 0 fully saturated rings. The maximum absolute atomic E-state index is 13.6. The van der Waals surface area contributed by atoms with Crippen molar-refractivity contribution < 1.29 is 0 Å². The number of aromatic amines is 1. The van der Waals surface area contributed by atoms with Crippen molar-refractivity contribution in [3.8, 4) is 5.69 Å². The highest BCUT2D eigenvalue weighted by Gasteiger charge is 2.22. The van der Waals surface area contributed by atoms with E-state index >= 15 is 0 Å². The second-order valence-electron chi connectivity index (χ2n) is 6.76. The van der Waals surface area contributed by atoms with Gasteiger partial charge in [0.15, 0.2) is 5.65 Å². The van der Waals surface area contributed by atoms with Crippen molar-refractivity contribution >= 4 is 61.4 Å². The van der Waals surface area contributed by atoms with Gasteiger partial charge in [-0.05, 0) is 37.3 Å². The summed E-state index contributed by atoms with van der Waals surface area (Å²) in [6, 6.07) is 12.7. The fourth-order valence-corrected chi connectivity index (χ4v) is 4.92. The molecule has 1 unspecified atom stereocenters. The van der Waals surface area contributed by atoms with Gasteiger partial charge in [-0.25, -0.2) is 19.9 Å². The minimum Gasteiger partial charge on any atom is -0.341 e. The second kappa shape index (κ2) is 8.07. The molecule has 0 radical (unpaired) electrons. The Morgan fingerprint density at radius 1 is 1.16 bits per heavy atom. The van der Waals surface area contributed by atoms with Gasteiger partial charge in [0.2, 0.25) is 0 Å². The van der Waals surface area contributed by atoms with Crippen LogP contribution in [0.2, 0.25) is 5.02 Å². The molecule has 0 aliphatic rings. The molecular weight excluding hydrogens is 500 g/mol. The average molecular weight is 514 g/mol. The zero-order valence-corrected chi connectivity index (χ0v) is 19.2. The Kier molecular flexibility index (Phi) is 5.25. The van der Waals surface area contributed by atoms with Gasteiger partial charge in [-0.2, -0.15) is 0 Å². The molecule has 0 saturated carbocycles. The molecule has 0 aliphatic heterocycles. The largest absolute Gasteiger partial charge is 0.341 e. The molecule has 1 atom stereocenters. The highest BCUT2D eigenvalue weighted by Crippen LogP contribution is 2.36. The van der Waals surface area contributed by atoms with Gasteiger partial charge in [0.1, 0.15) is 22.7 Å². The molecule has 5 rings (SSSR count). The number of hydrogen-bond donors (Lipinski definition) is 1. The van der Waals surface area contributed by atoms with E-state index < -0.39 is 0 Å². The Morgan fingerprint density at radius 3 is 2.84 bits per heavy atom. The molecule has 0 bridgehead atoms. The molecule has 0 saturated heterocycles. The fourth-order valence-electron chi connectivity index (χ4n) is 3.37. The minimum atomic E-state index is -0.224. The third-order valence-corrected chi connectivity index (χ3v) is 6.70. The zero-order chi connectivity index (χ0) is 21.5. The van der Waals surface area contributed by atoms with E-state index in [1.54, 1.807) is 23.0 Å². The quantitative estimate of drug-likeness (QED) is 0.258. The number of nitrogens with one attached hydrogen (secondary N) is 1. The molecule has 0 amide bonds. The first kappa shape index (κ1) is 20.2. The molecule has 10 heteroatoms. The van der Waals surface area contributed by atoms with E-state index in [-0.39, 0.29) is 10.8 Å². The van der Waals surface area contributed by atoms with Crippen molar-refractivity contribution in [2.24, 2.45) is 0 Å². The summed E-state index contributed by atoms with van der Waals surface area (Å²) in [5, 5.41) is 1.48. The van der Waals surface area contributed by atoms with Gasteiger partial charge in [-0.3, -0.25) is 9.36 Å². The van der Waals surface area contributed by atoms with Crippen LogP contribution in [0, 0.1) is 0 Å². The van der Waals surface area contributed by atoms with Gasteiger partial charge < -0.3 is 4.98 Å². The number of hydrogen-bond acceptors (Lipinski definition) is 6. The maximum atomic E-state index is 13.6. The van der Waals surface area contributed by atoms with Gasteiger partial charge in [0.25, 0.3) is 5.56 Å². The molecule has 2 aromatic carbocycles. The summed E-state index contributed by atoms with van der Waals surface area (Å²) in [5.74, 6) is 0.573. The summed E-state index contributed by atoms with van der Waals surface area (Å²) in [6.07, 6.45) is 3.06. The Labute approximate surface area is 194 Å². The molecule has 154 valence electrons. The van der Waals surface area contributed by atoms with Crippen molar-refractivity contribution in [1.29, 1.82) is 0 Å². The number of nitrogens with zero attached hydrogens (tertiary/aromatic N) is 5. The van der Waals surface area contributed by atoms with E-state index in [2.05, 4.69) is 35.9 Å². The summed E-state index contributed by atoms with van der Waals surface area (Å²) in [7, 11) is 0. The standard InChI is InChI=1S/C21H14BrClN6OS/c1-11(31-20-17-18(25-9-24-17)26-10-27-20)19-28-15-7-6-12(22)8-13(15)21(30)29(19)16-5-3-2-4-14(16)23/h2-11H,1H3,(H,24,25,26,27). The molecule has 3 aromatic heterocycles. The van der Waals surface area contributed by atoms with Crippen molar-refractivity contribution in [2.75, 3.05) is 0 Å². The Hall–Kier alpha value is -2.75. The lowest BCUT2D eigenvalue weighted by molar-refractivity contribution is 0.819. The van der Waals surface area contributed by atoms with E-state index in [0.717, 1.165) is 15.0 Å². The van der Waals surface area contributed by atoms with Gasteiger partial charge in [0.05, 0.1) is 33.2 Å². The highest BCUT2D eigenvalue weighted by molar-refractivity contribution is 9.10. The van der Waals surface area contributed by atoms with Crippen LogP contribution >= 0.6 is 39.3 Å². The van der Waals surface area contributed by atoms with Gasteiger partial charge in [-0.1, -0.05) is 51.4 Å². The molecule has 3 heterocycles. The summed E-state index contributed by atoms with van der Waals surface area (Å²) in [5.41, 5.74) is 2.35. The molecule has 0 spiro atoms. The third-order valence-electron chi connectivity index (χ3n) is 4.79. The number of rotatable bonds is 4. The summed E-state index contributed by atoms with van der Waals surface area (Å²) < 4.78 is 2.39. The minimum absolute atomic E-state index is 0.184. The highest BCUT2D eigenvalue weighted by atomic mass is 79.9. The van der Waals surface area contributed by atoms with Crippen LogP contribution in [-0.4, -0.2) is 29.5 Å². The summed E-state index contributed by atoms with van der Waals surface area (Å²) in [6.45, 7) is 1.98. The van der Waals surface area contributed by atoms with Gasteiger partial charge >= 0.3 is 0 Å². The van der Waals surface area contributed by atoms with Gasteiger partial charge in [-0.15, -0.1) is 0 Å². The Balaban J connectivity index is 1.72. The number of halogens is 2. The molecular formula is C21H14BrClN6OS. The van der Waals surface area contributed by atoms with Crippen molar-refractivity contribution in [1.82, 2.24) is 29.5 Å². The predicted molar refractivity (Wildman–Crippen MR) is 126 cm³/mol. The van der Waals surface area contributed by atoms with E-state index in [0.29, 0.717) is 33.1 Å². The zero-order valence-electron chi connectivity index (χ0n) is 16.1. The topological polar surface area (TPSA) is 89.3 Å². The molecule has 5 aromatic rings. The monoisotopic (exact) mass is 512 g/mol. The SMILES string of the molecule is CC(Sc1ncnc2nc[nH]c12)c1nc2ccc(Br)cc2c(=O)n1-c1ccccc1Cl. The van der Waals surface area contributed by atoms with E-state index in [1.807, 2.05) is 37.3 Å². The van der Waals surface area contributed by atoms with Crippen LogP contribution in [0.25, 0.3) is 27.8 Å². The Morgan fingerprint density at radius 2 is 2.00 bits per heavy atom. The van der Waals surface area contributed by atoms with Crippen LogP contribution in [0.15, 0.2) is 69.4 Å². The maximum Gasteiger partial charge on any atom is 0.266 e. The van der Waals surface area contributed by atoms with Crippen molar-refractivity contribution in [3.05, 3.63) is 80.8 Å². The van der Waals surface area contributed by atoms with E-state index in [1.165, 1.54) is 18.1 Å². The number of aromatic nitrogens is 6. The molecule has 31 heavy (non-hydrogen) atoms. The first-order valence-corrected chi connectivity index (χ1v) is 11.4. The third kappa shape index (κ3) is 3.62. The smallest absolute Gasteiger partial charge is 0.266 e. The number of imidazole rings is 1. The lowest BCUT2D eigenvalue weighted by atomic mass is 10.2. The van der Waals surface area contributed by atoms with Crippen LogP contribution in [0.1, 0.15) is 18.0 Å². The van der Waals surface area contributed by atoms with E-state index in [4.69, 9.17) is 16.6 Å². The number of H-pyrrole nitrogens is 1. The molecule has 7 nitrogen and oxygen atoms in total. The average Bonchev–Trinajstić information content (AvgIpc) is 3.25. The fraction of sp³-hybridized carbons (Fsp3) is 0.0952. The molecule has 0 aliphatic carbocycles. The lowest BCUT2D eigenvalue weighted by Crippen LogP contribution is -2.25. The van der Waals surface area contributed by atoms with Crippen LogP contribution in [0.5, 0.6) is 0 Å². The molecule has 1 N–H and O–H groups in total. The first-order chi connectivity index (χ1) is 15.0. The predicted octanol–water partition coefficient (Wildman–Crippen LogP) is 5.32. The van der Waals surface area contributed by atoms with E-state index in [9.17, 15) is 4.79 Å². The Bertz CT molecular complexity index is 1500. The number of para-hydroxylation sites is 1. The lowest BCUT2D eigenvalue weighted by Gasteiger charge is -2.19. The number of fused-ring (bicyclic) bond motifs is 2. The number of benzene rings is 2. The summed E-state index contributed by atoms with van der Waals surface area (Å²) in [4.78, 5) is 34.2. The van der Waals surface area contributed by atoms with Crippen molar-refractivity contribution in [2.45, 2.75) is 17.2 Å². The first-order valence-electron chi connectivity index (χ1n) is 9.31. The summed E-state index contributed by atoms with van der Waals surface area (Å²) >= 11 is 11.4. The number of thioether (sulfide) groups is 1. The van der Waals surface area contributed by atoms with Crippen LogP contribution in [0.4, 0.5) is 0 Å². The van der Waals surface area contributed by atoms with Gasteiger partial charge in [0, 0.05) is 4.47 Å². The normalized spacial score (nSPS) is 12.5. The van der Waals surface area contributed by atoms with Crippen LogP contribution < -0.4 is 5.56 Å². The van der Waals surface area contributed by atoms with Crippen LogP contribution in [0.3, 0.4) is 0 Å². The van der Waals surface area contributed by atoms with Crippen molar-refractivity contribution in [3.63, 3.8) is 0 Å².